The van der Waals surface area contributed by atoms with Crippen molar-refractivity contribution < 1.29 is 27.5 Å². The number of carbonyl (C=O) groups excluding carboxylic acids is 2. The Hall–Kier alpha value is -3.47. The lowest BCUT2D eigenvalue weighted by atomic mass is 10.1. The van der Waals surface area contributed by atoms with Crippen LogP contribution in [0.1, 0.15) is 19.4 Å². The van der Waals surface area contributed by atoms with Crippen molar-refractivity contribution in [1.82, 2.24) is 10.2 Å². The van der Waals surface area contributed by atoms with Crippen molar-refractivity contribution in [2.24, 2.45) is 0 Å². The molecule has 0 fully saturated rings. The Labute approximate surface area is 244 Å². The highest BCUT2D eigenvalue weighted by Crippen LogP contribution is 2.34. The Morgan fingerprint density at radius 1 is 0.925 bits per heavy atom. The minimum absolute atomic E-state index is 0.00890. The number of nitrogens with one attached hydrogen (secondary N) is 1. The van der Waals surface area contributed by atoms with Gasteiger partial charge in [-0.05, 0) is 55.8 Å². The van der Waals surface area contributed by atoms with Crippen LogP contribution in [0.2, 0.25) is 10.0 Å². The molecule has 1 N–H and O–H groups in total. The van der Waals surface area contributed by atoms with Crippen molar-refractivity contribution in [2.75, 3.05) is 31.6 Å². The molecule has 40 heavy (non-hydrogen) atoms. The van der Waals surface area contributed by atoms with Crippen LogP contribution < -0.4 is 19.1 Å². The van der Waals surface area contributed by atoms with Crippen molar-refractivity contribution in [1.29, 1.82) is 0 Å². The van der Waals surface area contributed by atoms with Crippen LogP contribution in [0.5, 0.6) is 11.5 Å². The SMILES string of the molecule is CCNC(=O)[C@@H](C)N(Cc1ccc(Cl)c(Cl)c1)C(=O)CN(c1ccc(OC)c(OC)c1)S(=O)(=O)c1ccccc1. The number of nitrogens with zero attached hydrogens (tertiary/aromatic N) is 2. The van der Waals surface area contributed by atoms with E-state index in [4.69, 9.17) is 32.7 Å². The summed E-state index contributed by atoms with van der Waals surface area (Å²) in [7, 11) is -1.33. The second-order valence-electron chi connectivity index (χ2n) is 8.70. The predicted molar refractivity (Wildman–Crippen MR) is 156 cm³/mol. The number of likely N-dealkylation sites (N-methyl/N-ethyl adjacent to an activating group) is 1. The van der Waals surface area contributed by atoms with Crippen molar-refractivity contribution in [3.05, 3.63) is 82.3 Å². The first-order valence-corrected chi connectivity index (χ1v) is 14.5. The number of ether oxygens (including phenoxy) is 2. The monoisotopic (exact) mass is 607 g/mol. The summed E-state index contributed by atoms with van der Waals surface area (Å²) in [4.78, 5) is 28.0. The summed E-state index contributed by atoms with van der Waals surface area (Å²) in [6.07, 6.45) is 0. The third-order valence-electron chi connectivity index (χ3n) is 6.12. The fraction of sp³-hybridized carbons (Fsp3) is 0.286. The molecule has 3 rings (SSSR count). The van der Waals surface area contributed by atoms with Crippen LogP contribution in [0.25, 0.3) is 0 Å². The predicted octanol–water partition coefficient (Wildman–Crippen LogP) is 4.76. The third kappa shape index (κ3) is 7.18. The van der Waals surface area contributed by atoms with Gasteiger partial charge in [-0.3, -0.25) is 13.9 Å². The highest BCUT2D eigenvalue weighted by Gasteiger charge is 2.33. The first kappa shape index (κ1) is 31.1. The first-order chi connectivity index (χ1) is 19.0. The molecule has 0 aliphatic rings. The summed E-state index contributed by atoms with van der Waals surface area (Å²) in [6, 6.07) is 16.3. The molecule has 0 aliphatic heterocycles. The molecule has 214 valence electrons. The Kier molecular flexibility index (Phi) is 10.7. The molecule has 3 aromatic carbocycles. The summed E-state index contributed by atoms with van der Waals surface area (Å²) in [5.74, 6) is -0.330. The lowest BCUT2D eigenvalue weighted by Gasteiger charge is -2.32. The van der Waals surface area contributed by atoms with Crippen LogP contribution >= 0.6 is 23.2 Å². The van der Waals surface area contributed by atoms with Gasteiger partial charge in [0, 0.05) is 19.2 Å². The number of hydrogen-bond donors (Lipinski definition) is 1. The first-order valence-electron chi connectivity index (χ1n) is 12.3. The van der Waals surface area contributed by atoms with Crippen molar-refractivity contribution in [2.45, 2.75) is 31.3 Å². The Morgan fingerprint density at radius 3 is 2.20 bits per heavy atom. The summed E-state index contributed by atoms with van der Waals surface area (Å²) in [5.41, 5.74) is 0.789. The molecule has 0 saturated heterocycles. The highest BCUT2D eigenvalue weighted by atomic mass is 35.5. The summed E-state index contributed by atoms with van der Waals surface area (Å²) in [5, 5.41) is 3.34. The summed E-state index contributed by atoms with van der Waals surface area (Å²) < 4.78 is 39.4. The minimum Gasteiger partial charge on any atom is -0.493 e. The molecule has 9 nitrogen and oxygen atoms in total. The fourth-order valence-corrected chi connectivity index (χ4v) is 5.72. The Balaban J connectivity index is 2.08. The zero-order valence-corrected chi connectivity index (χ0v) is 24.9. The van der Waals surface area contributed by atoms with E-state index < -0.39 is 28.5 Å². The van der Waals surface area contributed by atoms with Crippen molar-refractivity contribution in [3.8, 4) is 11.5 Å². The topological polar surface area (TPSA) is 105 Å². The van der Waals surface area contributed by atoms with Gasteiger partial charge in [-0.25, -0.2) is 8.42 Å². The number of hydrogen-bond acceptors (Lipinski definition) is 6. The molecule has 0 heterocycles. The maximum atomic E-state index is 13.9. The van der Waals surface area contributed by atoms with E-state index in [9.17, 15) is 18.0 Å². The lowest BCUT2D eigenvalue weighted by molar-refractivity contribution is -0.139. The smallest absolute Gasteiger partial charge is 0.264 e. The van der Waals surface area contributed by atoms with Crippen LogP contribution in [0.4, 0.5) is 5.69 Å². The van der Waals surface area contributed by atoms with Gasteiger partial charge in [-0.1, -0.05) is 47.5 Å². The zero-order valence-electron chi connectivity index (χ0n) is 22.6. The zero-order chi connectivity index (χ0) is 29.4. The van der Waals surface area contributed by atoms with E-state index in [2.05, 4.69) is 5.32 Å². The molecule has 0 spiro atoms. The number of carbonyl (C=O) groups is 2. The Morgan fingerprint density at radius 2 is 1.60 bits per heavy atom. The number of amides is 2. The van der Waals surface area contributed by atoms with Crippen molar-refractivity contribution in [3.63, 3.8) is 0 Å². The van der Waals surface area contributed by atoms with Gasteiger partial charge in [0.05, 0.1) is 34.8 Å². The van der Waals surface area contributed by atoms with Gasteiger partial charge in [0.25, 0.3) is 10.0 Å². The Bertz CT molecular complexity index is 1450. The van der Waals surface area contributed by atoms with Gasteiger partial charge in [0.2, 0.25) is 11.8 Å². The molecule has 0 saturated carbocycles. The molecule has 0 bridgehead atoms. The van der Waals surface area contributed by atoms with E-state index >= 15 is 0 Å². The fourth-order valence-electron chi connectivity index (χ4n) is 3.97. The molecule has 0 aromatic heterocycles. The molecular weight excluding hydrogens is 577 g/mol. The van der Waals surface area contributed by atoms with Crippen LogP contribution in [0.3, 0.4) is 0 Å². The number of anilines is 1. The van der Waals surface area contributed by atoms with Crippen LogP contribution in [-0.2, 0) is 26.2 Å². The van der Waals surface area contributed by atoms with Crippen molar-refractivity contribution >= 4 is 50.7 Å². The second-order valence-corrected chi connectivity index (χ2v) is 11.4. The van der Waals surface area contributed by atoms with E-state index in [1.165, 1.54) is 43.4 Å². The van der Waals surface area contributed by atoms with Gasteiger partial charge < -0.3 is 19.7 Å². The summed E-state index contributed by atoms with van der Waals surface area (Å²) >= 11 is 12.2. The average Bonchev–Trinajstić information content (AvgIpc) is 2.96. The number of benzene rings is 3. The standard InChI is InChI=1S/C28H31Cl2N3O6S/c1-5-31-28(35)19(2)32(17-20-11-13-23(29)24(30)15-20)27(34)18-33(40(36,37)22-9-7-6-8-10-22)21-12-14-25(38-3)26(16-21)39-4/h6-16,19H,5,17-18H2,1-4H3,(H,31,35)/t19-/m1/s1. The van der Waals surface area contributed by atoms with Crippen LogP contribution in [-0.4, -0.2) is 58.5 Å². The maximum Gasteiger partial charge on any atom is 0.264 e. The number of methoxy groups -OCH3 is 2. The quantitative estimate of drug-likeness (QED) is 0.318. The molecule has 0 radical (unpaired) electrons. The third-order valence-corrected chi connectivity index (χ3v) is 8.65. The molecule has 1 atom stereocenters. The molecule has 0 aliphatic carbocycles. The molecule has 12 heteroatoms. The van der Waals surface area contributed by atoms with E-state index in [0.717, 1.165) is 4.31 Å². The highest BCUT2D eigenvalue weighted by molar-refractivity contribution is 7.92. The van der Waals surface area contributed by atoms with Gasteiger partial charge in [-0.15, -0.1) is 0 Å². The van der Waals surface area contributed by atoms with Crippen LogP contribution in [0, 0.1) is 0 Å². The molecular formula is C28H31Cl2N3O6S. The van der Waals surface area contributed by atoms with E-state index in [1.807, 2.05) is 0 Å². The van der Waals surface area contributed by atoms with Gasteiger partial charge in [0.15, 0.2) is 11.5 Å². The number of halogens is 2. The second kappa shape index (κ2) is 13.7. The largest absolute Gasteiger partial charge is 0.493 e. The van der Waals surface area contributed by atoms with Gasteiger partial charge >= 0.3 is 0 Å². The molecule has 3 aromatic rings. The van der Waals surface area contributed by atoms with E-state index in [0.29, 0.717) is 22.9 Å². The van der Waals surface area contributed by atoms with E-state index in [-0.39, 0.29) is 33.8 Å². The summed E-state index contributed by atoms with van der Waals surface area (Å²) in [6.45, 7) is 3.09. The maximum absolute atomic E-state index is 13.9. The van der Waals surface area contributed by atoms with E-state index in [1.54, 1.807) is 56.3 Å². The normalized spacial score (nSPS) is 11.8. The number of sulfonamides is 1. The van der Waals surface area contributed by atoms with Gasteiger partial charge in [-0.2, -0.15) is 0 Å². The lowest BCUT2D eigenvalue weighted by Crippen LogP contribution is -2.51. The van der Waals surface area contributed by atoms with Gasteiger partial charge in [0.1, 0.15) is 12.6 Å². The number of rotatable bonds is 12. The van der Waals surface area contributed by atoms with Crippen LogP contribution in [0.15, 0.2) is 71.6 Å². The molecule has 0 unspecified atom stereocenters. The average molecular weight is 609 g/mol. The molecule has 2 amide bonds. The minimum atomic E-state index is -4.22.